The number of esters is 1. The van der Waals surface area contributed by atoms with Crippen molar-refractivity contribution in [1.29, 1.82) is 0 Å². The molecular formula is C14H20FN3O4. The van der Waals surface area contributed by atoms with Crippen molar-refractivity contribution in [1.82, 2.24) is 15.1 Å². The first-order valence-electron chi connectivity index (χ1n) is 7.09. The molecule has 1 atom stereocenters. The van der Waals surface area contributed by atoms with Crippen LogP contribution >= 0.6 is 0 Å². The molecule has 2 heterocycles. The number of halogens is 1. The molecule has 1 aliphatic rings. The average Bonchev–Trinajstić information content (AvgIpc) is 2.81. The highest BCUT2D eigenvalue weighted by Crippen LogP contribution is 2.31. The number of aromatic amines is 1. The van der Waals surface area contributed by atoms with Crippen molar-refractivity contribution in [3.05, 3.63) is 17.0 Å². The fraction of sp³-hybridized carbons (Fsp3) is 0.643. The van der Waals surface area contributed by atoms with E-state index in [-0.39, 0.29) is 31.0 Å². The molecule has 1 N–H and O–H groups in total. The second-order valence-electron chi connectivity index (χ2n) is 6.01. The Morgan fingerprint density at radius 1 is 1.45 bits per heavy atom. The van der Waals surface area contributed by atoms with Crippen molar-refractivity contribution >= 4 is 12.1 Å². The minimum Gasteiger partial charge on any atom is -0.461 e. The van der Waals surface area contributed by atoms with Crippen LogP contribution in [-0.4, -0.2) is 45.9 Å². The lowest BCUT2D eigenvalue weighted by Gasteiger charge is -2.31. The van der Waals surface area contributed by atoms with Gasteiger partial charge in [-0.25, -0.2) is 14.0 Å². The molecule has 7 nitrogen and oxygen atoms in total. The molecule has 122 valence electrons. The van der Waals surface area contributed by atoms with Gasteiger partial charge in [-0.1, -0.05) is 0 Å². The lowest BCUT2D eigenvalue weighted by Crippen LogP contribution is -2.41. The van der Waals surface area contributed by atoms with E-state index in [1.807, 2.05) is 0 Å². The summed E-state index contributed by atoms with van der Waals surface area (Å²) in [6, 6.07) is 0. The molecule has 1 aromatic heterocycles. The molecule has 1 amide bonds. The van der Waals surface area contributed by atoms with Gasteiger partial charge in [0.1, 0.15) is 11.8 Å². The first kappa shape index (κ1) is 16.3. The first-order valence-corrected chi connectivity index (χ1v) is 7.09. The molecule has 0 aromatic carbocycles. The molecule has 0 aliphatic carbocycles. The molecule has 0 spiro atoms. The van der Waals surface area contributed by atoms with E-state index in [1.165, 1.54) is 4.90 Å². The molecule has 8 heteroatoms. The number of H-pyrrole nitrogens is 1. The van der Waals surface area contributed by atoms with Crippen molar-refractivity contribution < 1.29 is 23.5 Å². The third kappa shape index (κ3) is 3.37. The quantitative estimate of drug-likeness (QED) is 0.847. The number of rotatable bonds is 2. The minimum atomic E-state index is -1.52. The number of fused-ring (bicyclic) bond motifs is 1. The monoisotopic (exact) mass is 313 g/mol. The van der Waals surface area contributed by atoms with Gasteiger partial charge in [-0.15, -0.1) is 0 Å². The van der Waals surface area contributed by atoms with Crippen LogP contribution in [0.2, 0.25) is 0 Å². The van der Waals surface area contributed by atoms with Gasteiger partial charge >= 0.3 is 12.1 Å². The van der Waals surface area contributed by atoms with Gasteiger partial charge in [-0.05, 0) is 27.7 Å². The zero-order chi connectivity index (χ0) is 16.5. The number of nitrogens with one attached hydrogen (secondary N) is 1. The number of ether oxygens (including phenoxy) is 2. The maximum atomic E-state index is 14.4. The summed E-state index contributed by atoms with van der Waals surface area (Å²) in [5, 5.41) is 6.42. The molecule has 1 aliphatic heterocycles. The Labute approximate surface area is 127 Å². The van der Waals surface area contributed by atoms with E-state index in [4.69, 9.17) is 9.47 Å². The Hall–Kier alpha value is -2.12. The lowest BCUT2D eigenvalue weighted by molar-refractivity contribution is 0.0156. The summed E-state index contributed by atoms with van der Waals surface area (Å²) in [5.74, 6) is -0.673. The number of hydrogen-bond donors (Lipinski definition) is 1. The zero-order valence-corrected chi connectivity index (χ0v) is 13.1. The topological polar surface area (TPSA) is 84.5 Å². The number of aromatic nitrogens is 2. The largest absolute Gasteiger partial charge is 0.461 e. The van der Waals surface area contributed by atoms with Gasteiger partial charge in [0.25, 0.3) is 0 Å². The van der Waals surface area contributed by atoms with Crippen molar-refractivity contribution in [2.45, 2.75) is 46.0 Å². The smallest absolute Gasteiger partial charge is 0.410 e. The molecule has 0 bridgehead atoms. The van der Waals surface area contributed by atoms with Gasteiger partial charge in [-0.3, -0.25) is 10.00 Å². The highest BCUT2D eigenvalue weighted by molar-refractivity contribution is 5.89. The summed E-state index contributed by atoms with van der Waals surface area (Å²) in [6.07, 6.45) is -2.12. The number of hydrogen-bond acceptors (Lipinski definition) is 5. The normalized spacial score (nSPS) is 17.9. The lowest BCUT2D eigenvalue weighted by atomic mass is 10.0. The Morgan fingerprint density at radius 3 is 2.73 bits per heavy atom. The highest BCUT2D eigenvalue weighted by Gasteiger charge is 2.36. The van der Waals surface area contributed by atoms with Crippen LogP contribution in [0.1, 0.15) is 55.6 Å². The van der Waals surface area contributed by atoms with E-state index in [2.05, 4.69) is 10.2 Å². The SMILES string of the molecule is CCOC(=O)c1n[nH]c2c1C(F)CN(C(=O)OC(C)(C)C)C2. The Balaban J connectivity index is 2.18. The summed E-state index contributed by atoms with van der Waals surface area (Å²) < 4.78 is 24.5. The molecular weight excluding hydrogens is 293 g/mol. The van der Waals surface area contributed by atoms with Gasteiger partial charge in [0.05, 0.1) is 25.4 Å². The summed E-state index contributed by atoms with van der Waals surface area (Å²) in [7, 11) is 0. The standard InChI is InChI=1S/C14H20FN3O4/c1-5-21-12(19)11-10-8(15)6-18(7-9(10)16-17-11)13(20)22-14(2,3)4/h8H,5-7H2,1-4H3,(H,16,17). The van der Waals surface area contributed by atoms with Gasteiger partial charge < -0.3 is 9.47 Å². The third-order valence-corrected chi connectivity index (χ3v) is 3.05. The molecule has 2 rings (SSSR count). The van der Waals surface area contributed by atoms with Crippen LogP contribution in [0.4, 0.5) is 9.18 Å². The number of carbonyl (C=O) groups is 2. The van der Waals surface area contributed by atoms with Gasteiger partial charge in [0, 0.05) is 5.56 Å². The Kier molecular flexibility index (Phi) is 4.39. The molecule has 0 radical (unpaired) electrons. The van der Waals surface area contributed by atoms with Crippen LogP contribution in [0, 0.1) is 0 Å². The maximum Gasteiger partial charge on any atom is 0.410 e. The van der Waals surface area contributed by atoms with E-state index in [0.29, 0.717) is 5.69 Å². The van der Waals surface area contributed by atoms with E-state index in [0.717, 1.165) is 0 Å². The van der Waals surface area contributed by atoms with Gasteiger partial charge in [0.2, 0.25) is 0 Å². The molecule has 0 saturated carbocycles. The predicted molar refractivity (Wildman–Crippen MR) is 75.0 cm³/mol. The molecule has 22 heavy (non-hydrogen) atoms. The second-order valence-corrected chi connectivity index (χ2v) is 6.01. The van der Waals surface area contributed by atoms with Crippen molar-refractivity contribution in [2.75, 3.05) is 13.2 Å². The fourth-order valence-corrected chi connectivity index (χ4v) is 2.21. The number of carbonyl (C=O) groups excluding carboxylic acids is 2. The average molecular weight is 313 g/mol. The van der Waals surface area contributed by atoms with E-state index in [9.17, 15) is 14.0 Å². The summed E-state index contributed by atoms with van der Waals surface area (Å²) >= 11 is 0. The van der Waals surface area contributed by atoms with Crippen molar-refractivity contribution in [2.24, 2.45) is 0 Å². The molecule has 1 aromatic rings. The van der Waals surface area contributed by atoms with Gasteiger partial charge in [-0.2, -0.15) is 5.10 Å². The summed E-state index contributed by atoms with van der Waals surface area (Å²) in [5.41, 5.74) is -0.174. The molecule has 0 saturated heterocycles. The van der Waals surface area contributed by atoms with Crippen LogP contribution in [0.25, 0.3) is 0 Å². The number of alkyl halides is 1. The fourth-order valence-electron chi connectivity index (χ4n) is 2.21. The highest BCUT2D eigenvalue weighted by atomic mass is 19.1. The maximum absolute atomic E-state index is 14.4. The first-order chi connectivity index (χ1) is 10.2. The number of nitrogens with zero attached hydrogens (tertiary/aromatic N) is 2. The van der Waals surface area contributed by atoms with E-state index in [1.54, 1.807) is 27.7 Å². The minimum absolute atomic E-state index is 0.0619. The predicted octanol–water partition coefficient (Wildman–Crippen LogP) is 2.35. The van der Waals surface area contributed by atoms with Crippen molar-refractivity contribution in [3.8, 4) is 0 Å². The van der Waals surface area contributed by atoms with Crippen LogP contribution in [0.5, 0.6) is 0 Å². The van der Waals surface area contributed by atoms with Crippen LogP contribution in [0.3, 0.4) is 0 Å². The Bertz CT molecular complexity index is 579. The zero-order valence-electron chi connectivity index (χ0n) is 13.1. The van der Waals surface area contributed by atoms with Crippen LogP contribution in [0.15, 0.2) is 0 Å². The van der Waals surface area contributed by atoms with Gasteiger partial charge in [0.15, 0.2) is 5.69 Å². The van der Waals surface area contributed by atoms with Crippen LogP contribution in [-0.2, 0) is 16.0 Å². The third-order valence-electron chi connectivity index (χ3n) is 3.05. The second kappa shape index (κ2) is 5.94. The molecule has 0 fully saturated rings. The summed E-state index contributed by atoms with van der Waals surface area (Å²) in [6.45, 7) is 6.98. The van der Waals surface area contributed by atoms with E-state index >= 15 is 0 Å². The van der Waals surface area contributed by atoms with Crippen LogP contribution < -0.4 is 0 Å². The summed E-state index contributed by atoms with van der Waals surface area (Å²) in [4.78, 5) is 25.0. The molecule has 1 unspecified atom stereocenters. The van der Waals surface area contributed by atoms with Crippen molar-refractivity contribution in [3.63, 3.8) is 0 Å². The Morgan fingerprint density at radius 2 is 2.14 bits per heavy atom. The number of amides is 1. The van der Waals surface area contributed by atoms with E-state index < -0.39 is 23.8 Å².